The highest BCUT2D eigenvalue weighted by Gasteiger charge is 2.20. The third kappa shape index (κ3) is 3.09. The maximum absolute atomic E-state index is 13.6. The minimum Gasteiger partial charge on any atom is -0.490 e. The van der Waals surface area contributed by atoms with Crippen molar-refractivity contribution in [2.75, 3.05) is 0 Å². The molecule has 0 atom stereocenters. The number of carbonyl (C=O) groups is 1. The van der Waals surface area contributed by atoms with Crippen LogP contribution in [0.1, 0.15) is 49.9 Å². The van der Waals surface area contributed by atoms with Crippen molar-refractivity contribution in [2.24, 2.45) is 5.92 Å². The Morgan fingerprint density at radius 3 is 2.50 bits per heavy atom. The summed E-state index contributed by atoms with van der Waals surface area (Å²) in [4.78, 5) is 11.1. The molecule has 0 aliphatic heterocycles. The Hall–Kier alpha value is -1.38. The number of Topliss-reactive ketones (excluding diaryl/α,β-unsaturated/α-hetero) is 1. The molecule has 2 rings (SSSR count). The highest BCUT2D eigenvalue weighted by atomic mass is 19.1. The van der Waals surface area contributed by atoms with E-state index in [1.54, 1.807) is 6.07 Å². The zero-order valence-corrected chi connectivity index (χ0v) is 10.9. The second-order valence-corrected chi connectivity index (χ2v) is 5.20. The fourth-order valence-corrected chi connectivity index (χ4v) is 2.39. The molecule has 1 fully saturated rings. The molecule has 0 radical (unpaired) electrons. The maximum Gasteiger partial charge on any atom is 0.162 e. The molecule has 0 heterocycles. The molecule has 1 aliphatic carbocycles. The van der Waals surface area contributed by atoms with Crippen molar-refractivity contribution in [1.82, 2.24) is 0 Å². The SMILES string of the molecule is CC(=O)c1ccc(OC2CCC(C)CC2)cc1F. The number of rotatable bonds is 3. The minimum absolute atomic E-state index is 0.125. The predicted molar refractivity (Wildman–Crippen MR) is 68.5 cm³/mol. The van der Waals surface area contributed by atoms with E-state index in [4.69, 9.17) is 4.74 Å². The van der Waals surface area contributed by atoms with Crippen molar-refractivity contribution in [3.8, 4) is 5.75 Å². The van der Waals surface area contributed by atoms with Gasteiger partial charge in [-0.25, -0.2) is 4.39 Å². The normalized spacial score (nSPS) is 23.7. The van der Waals surface area contributed by atoms with Gasteiger partial charge >= 0.3 is 0 Å². The van der Waals surface area contributed by atoms with E-state index in [9.17, 15) is 9.18 Å². The smallest absolute Gasteiger partial charge is 0.162 e. The molecule has 2 nitrogen and oxygen atoms in total. The number of halogens is 1. The number of ketones is 1. The average molecular weight is 250 g/mol. The average Bonchev–Trinajstić information content (AvgIpc) is 2.32. The molecule has 0 unspecified atom stereocenters. The van der Waals surface area contributed by atoms with Gasteiger partial charge in [-0.05, 0) is 50.7 Å². The van der Waals surface area contributed by atoms with Crippen molar-refractivity contribution < 1.29 is 13.9 Å². The van der Waals surface area contributed by atoms with Crippen molar-refractivity contribution in [1.29, 1.82) is 0 Å². The first-order chi connectivity index (χ1) is 8.56. The van der Waals surface area contributed by atoms with Gasteiger partial charge in [0.1, 0.15) is 11.6 Å². The maximum atomic E-state index is 13.6. The van der Waals surface area contributed by atoms with Gasteiger partial charge in [-0.3, -0.25) is 4.79 Å². The van der Waals surface area contributed by atoms with E-state index in [2.05, 4.69) is 6.92 Å². The largest absolute Gasteiger partial charge is 0.490 e. The van der Waals surface area contributed by atoms with Gasteiger partial charge in [0, 0.05) is 6.07 Å². The van der Waals surface area contributed by atoms with Crippen LogP contribution in [0.2, 0.25) is 0 Å². The minimum atomic E-state index is -0.496. The Morgan fingerprint density at radius 1 is 1.28 bits per heavy atom. The lowest BCUT2D eigenvalue weighted by atomic mass is 9.89. The van der Waals surface area contributed by atoms with E-state index in [0.29, 0.717) is 5.75 Å². The van der Waals surface area contributed by atoms with Crippen LogP contribution in [0.15, 0.2) is 18.2 Å². The quantitative estimate of drug-likeness (QED) is 0.758. The summed E-state index contributed by atoms with van der Waals surface area (Å²) >= 11 is 0. The van der Waals surface area contributed by atoms with Gasteiger partial charge in [-0.1, -0.05) is 6.92 Å². The van der Waals surface area contributed by atoms with Gasteiger partial charge in [0.05, 0.1) is 11.7 Å². The van der Waals surface area contributed by atoms with Crippen molar-refractivity contribution >= 4 is 5.78 Å². The van der Waals surface area contributed by atoms with Crippen molar-refractivity contribution in [3.63, 3.8) is 0 Å². The van der Waals surface area contributed by atoms with Gasteiger partial charge in [-0.15, -0.1) is 0 Å². The van der Waals surface area contributed by atoms with Crippen LogP contribution in [0.5, 0.6) is 5.75 Å². The lowest BCUT2D eigenvalue weighted by molar-refractivity contribution is 0.101. The summed E-state index contributed by atoms with van der Waals surface area (Å²) in [5.74, 6) is 0.536. The van der Waals surface area contributed by atoms with Crippen LogP contribution < -0.4 is 4.74 Å². The third-order valence-corrected chi connectivity index (χ3v) is 3.59. The fraction of sp³-hybridized carbons (Fsp3) is 0.533. The van der Waals surface area contributed by atoms with Gasteiger partial charge in [0.25, 0.3) is 0 Å². The van der Waals surface area contributed by atoms with Crippen LogP contribution in [-0.2, 0) is 0 Å². The van der Waals surface area contributed by atoms with E-state index in [1.807, 2.05) is 0 Å². The molecule has 0 saturated heterocycles. The molecular formula is C15H19FO2. The second kappa shape index (κ2) is 5.51. The molecule has 0 N–H and O–H groups in total. The lowest BCUT2D eigenvalue weighted by Crippen LogP contribution is -2.23. The Labute approximate surface area is 107 Å². The highest BCUT2D eigenvalue weighted by molar-refractivity contribution is 5.94. The molecule has 1 aromatic rings. The summed E-state index contributed by atoms with van der Waals surface area (Å²) in [5.41, 5.74) is 0.125. The summed E-state index contributed by atoms with van der Waals surface area (Å²) in [6, 6.07) is 4.49. The number of ether oxygens (including phenoxy) is 1. The molecule has 0 bridgehead atoms. The van der Waals surface area contributed by atoms with Crippen LogP contribution in [0.25, 0.3) is 0 Å². The van der Waals surface area contributed by atoms with Crippen LogP contribution in [0, 0.1) is 11.7 Å². The Balaban J connectivity index is 2.02. The van der Waals surface area contributed by atoms with Crippen molar-refractivity contribution in [2.45, 2.75) is 45.6 Å². The molecular weight excluding hydrogens is 231 g/mol. The zero-order chi connectivity index (χ0) is 13.1. The number of hydrogen-bond donors (Lipinski definition) is 0. The summed E-state index contributed by atoms with van der Waals surface area (Å²) in [6.07, 6.45) is 4.56. The van der Waals surface area contributed by atoms with Gasteiger partial charge in [0.15, 0.2) is 5.78 Å². The predicted octanol–water partition coefficient (Wildman–Crippen LogP) is 3.99. The first kappa shape index (κ1) is 13.1. The molecule has 98 valence electrons. The van der Waals surface area contributed by atoms with E-state index >= 15 is 0 Å². The van der Waals surface area contributed by atoms with E-state index in [0.717, 1.165) is 18.8 Å². The summed E-state index contributed by atoms with van der Waals surface area (Å²) in [6.45, 7) is 3.61. The standard InChI is InChI=1S/C15H19FO2/c1-10-3-5-12(6-4-10)18-13-7-8-14(11(2)17)15(16)9-13/h7-10,12H,3-6H2,1-2H3. The molecule has 18 heavy (non-hydrogen) atoms. The van der Waals surface area contributed by atoms with E-state index < -0.39 is 5.82 Å². The van der Waals surface area contributed by atoms with Gasteiger partial charge in [0.2, 0.25) is 0 Å². The molecule has 1 aromatic carbocycles. The second-order valence-electron chi connectivity index (χ2n) is 5.20. The molecule has 0 amide bonds. The lowest BCUT2D eigenvalue weighted by Gasteiger charge is -2.26. The number of hydrogen-bond acceptors (Lipinski definition) is 2. The molecule has 0 aromatic heterocycles. The Kier molecular flexibility index (Phi) is 4.00. The molecule has 1 saturated carbocycles. The first-order valence-electron chi connectivity index (χ1n) is 6.53. The molecule has 0 spiro atoms. The van der Waals surface area contributed by atoms with Crippen LogP contribution in [0.4, 0.5) is 4.39 Å². The molecule has 1 aliphatic rings. The van der Waals surface area contributed by atoms with Crippen LogP contribution >= 0.6 is 0 Å². The topological polar surface area (TPSA) is 26.3 Å². The summed E-state index contributed by atoms with van der Waals surface area (Å²) in [5, 5.41) is 0. The first-order valence-corrected chi connectivity index (χ1v) is 6.53. The van der Waals surface area contributed by atoms with E-state index in [-0.39, 0.29) is 17.5 Å². The van der Waals surface area contributed by atoms with Crippen LogP contribution in [-0.4, -0.2) is 11.9 Å². The van der Waals surface area contributed by atoms with Crippen LogP contribution in [0.3, 0.4) is 0 Å². The van der Waals surface area contributed by atoms with Gasteiger partial charge in [-0.2, -0.15) is 0 Å². The Morgan fingerprint density at radius 2 is 1.94 bits per heavy atom. The fourth-order valence-electron chi connectivity index (χ4n) is 2.39. The van der Waals surface area contributed by atoms with E-state index in [1.165, 1.54) is 31.9 Å². The molecule has 3 heteroatoms. The highest BCUT2D eigenvalue weighted by Crippen LogP contribution is 2.27. The summed E-state index contributed by atoms with van der Waals surface area (Å²) in [7, 11) is 0. The third-order valence-electron chi connectivity index (χ3n) is 3.59. The summed E-state index contributed by atoms with van der Waals surface area (Å²) < 4.78 is 19.4. The Bertz CT molecular complexity index is 434. The number of benzene rings is 1. The van der Waals surface area contributed by atoms with Gasteiger partial charge < -0.3 is 4.74 Å². The zero-order valence-electron chi connectivity index (χ0n) is 10.9. The monoisotopic (exact) mass is 250 g/mol. The van der Waals surface area contributed by atoms with Crippen molar-refractivity contribution in [3.05, 3.63) is 29.6 Å². The number of carbonyl (C=O) groups excluding carboxylic acids is 1.